The number of nitrogen functional groups attached to an aromatic ring is 1. The number of anilines is 1. The van der Waals surface area contributed by atoms with Crippen molar-refractivity contribution in [2.24, 2.45) is 0 Å². The molecule has 2 rings (SSSR count). The number of benzene rings is 1. The molecule has 5 heteroatoms. The molecule has 0 spiro atoms. The molecule has 0 unspecified atom stereocenters. The van der Waals surface area contributed by atoms with E-state index in [0.29, 0.717) is 11.1 Å². The number of methoxy groups -OCH3 is 1. The SMILES string of the molecule is COc1cc(-c2cc(C(C)C)nc(N)c2C#N)ccc1F. The van der Waals surface area contributed by atoms with E-state index in [0.717, 1.165) is 5.69 Å². The molecule has 1 heterocycles. The molecule has 0 bridgehead atoms. The van der Waals surface area contributed by atoms with Crippen molar-refractivity contribution >= 4 is 5.82 Å². The van der Waals surface area contributed by atoms with Crippen LogP contribution in [0.5, 0.6) is 5.75 Å². The minimum absolute atomic E-state index is 0.123. The average Bonchev–Trinajstić information content (AvgIpc) is 2.46. The Labute approximate surface area is 123 Å². The number of nitrogens with two attached hydrogens (primary N) is 1. The molecule has 21 heavy (non-hydrogen) atoms. The quantitative estimate of drug-likeness (QED) is 0.937. The van der Waals surface area contributed by atoms with E-state index in [9.17, 15) is 9.65 Å². The van der Waals surface area contributed by atoms with Crippen molar-refractivity contribution in [3.8, 4) is 22.9 Å². The molecule has 4 nitrogen and oxygen atoms in total. The maximum absolute atomic E-state index is 13.5. The molecule has 0 saturated carbocycles. The second kappa shape index (κ2) is 5.80. The van der Waals surface area contributed by atoms with E-state index in [4.69, 9.17) is 10.5 Å². The Morgan fingerprint density at radius 3 is 2.62 bits per heavy atom. The summed E-state index contributed by atoms with van der Waals surface area (Å²) in [6, 6.07) is 8.32. The summed E-state index contributed by atoms with van der Waals surface area (Å²) in [7, 11) is 1.40. The fourth-order valence-electron chi connectivity index (χ4n) is 2.05. The number of ether oxygens (including phenoxy) is 1. The fourth-order valence-corrected chi connectivity index (χ4v) is 2.05. The van der Waals surface area contributed by atoms with Crippen LogP contribution in [0.15, 0.2) is 24.3 Å². The van der Waals surface area contributed by atoms with Crippen LogP contribution in [0, 0.1) is 17.1 Å². The third kappa shape index (κ3) is 2.79. The number of nitriles is 1. The molecular formula is C16H16FN3O. The molecule has 0 saturated heterocycles. The molecule has 108 valence electrons. The summed E-state index contributed by atoms with van der Waals surface area (Å²) in [6.07, 6.45) is 0. The van der Waals surface area contributed by atoms with E-state index in [1.165, 1.54) is 13.2 Å². The van der Waals surface area contributed by atoms with Gasteiger partial charge >= 0.3 is 0 Å². The van der Waals surface area contributed by atoms with Gasteiger partial charge in [0.05, 0.1) is 7.11 Å². The summed E-state index contributed by atoms with van der Waals surface area (Å²) < 4.78 is 18.5. The van der Waals surface area contributed by atoms with E-state index in [1.807, 2.05) is 19.9 Å². The predicted molar refractivity (Wildman–Crippen MR) is 79.4 cm³/mol. The summed E-state index contributed by atoms with van der Waals surface area (Å²) in [4.78, 5) is 4.24. The molecule has 0 aliphatic heterocycles. The number of rotatable bonds is 3. The molecule has 1 aromatic heterocycles. The van der Waals surface area contributed by atoms with Gasteiger partial charge in [-0.15, -0.1) is 0 Å². The summed E-state index contributed by atoms with van der Waals surface area (Å²) in [5.41, 5.74) is 8.24. The van der Waals surface area contributed by atoms with Gasteiger partial charge in [0.25, 0.3) is 0 Å². The Morgan fingerprint density at radius 1 is 1.33 bits per heavy atom. The van der Waals surface area contributed by atoms with Crippen molar-refractivity contribution in [1.82, 2.24) is 4.98 Å². The van der Waals surface area contributed by atoms with Gasteiger partial charge in [0.15, 0.2) is 11.6 Å². The van der Waals surface area contributed by atoms with Gasteiger partial charge in [0, 0.05) is 11.3 Å². The van der Waals surface area contributed by atoms with Crippen LogP contribution >= 0.6 is 0 Å². The number of halogens is 1. The largest absolute Gasteiger partial charge is 0.494 e. The summed E-state index contributed by atoms with van der Waals surface area (Å²) in [5, 5.41) is 9.30. The first-order valence-corrected chi connectivity index (χ1v) is 6.52. The van der Waals surface area contributed by atoms with E-state index in [-0.39, 0.29) is 23.0 Å². The predicted octanol–water partition coefficient (Wildman–Crippen LogP) is 3.47. The topological polar surface area (TPSA) is 71.9 Å². The molecule has 0 aliphatic carbocycles. The number of nitrogens with zero attached hydrogens (tertiary/aromatic N) is 2. The Balaban J connectivity index is 2.70. The number of pyridine rings is 1. The zero-order chi connectivity index (χ0) is 15.6. The second-order valence-corrected chi connectivity index (χ2v) is 4.97. The lowest BCUT2D eigenvalue weighted by atomic mass is 9.97. The first-order valence-electron chi connectivity index (χ1n) is 6.52. The van der Waals surface area contributed by atoms with E-state index < -0.39 is 5.82 Å². The van der Waals surface area contributed by atoms with Crippen molar-refractivity contribution in [2.75, 3.05) is 12.8 Å². The highest BCUT2D eigenvalue weighted by atomic mass is 19.1. The summed E-state index contributed by atoms with van der Waals surface area (Å²) >= 11 is 0. The summed E-state index contributed by atoms with van der Waals surface area (Å²) in [6.45, 7) is 3.98. The van der Waals surface area contributed by atoms with Crippen LogP contribution in [-0.2, 0) is 0 Å². The second-order valence-electron chi connectivity index (χ2n) is 4.97. The van der Waals surface area contributed by atoms with Crippen LogP contribution in [0.3, 0.4) is 0 Å². The molecular weight excluding hydrogens is 269 g/mol. The maximum Gasteiger partial charge on any atom is 0.165 e. The highest BCUT2D eigenvalue weighted by Gasteiger charge is 2.15. The zero-order valence-electron chi connectivity index (χ0n) is 12.1. The van der Waals surface area contributed by atoms with Crippen molar-refractivity contribution in [3.05, 3.63) is 41.3 Å². The van der Waals surface area contributed by atoms with Crippen molar-refractivity contribution < 1.29 is 9.13 Å². The number of aromatic nitrogens is 1. The lowest BCUT2D eigenvalue weighted by molar-refractivity contribution is 0.387. The Kier molecular flexibility index (Phi) is 4.08. The third-order valence-corrected chi connectivity index (χ3v) is 3.23. The van der Waals surface area contributed by atoms with E-state index >= 15 is 0 Å². The maximum atomic E-state index is 13.5. The molecule has 2 aromatic rings. The van der Waals surface area contributed by atoms with Gasteiger partial charge in [0.1, 0.15) is 17.5 Å². The monoisotopic (exact) mass is 285 g/mol. The van der Waals surface area contributed by atoms with E-state index in [1.54, 1.807) is 12.1 Å². The summed E-state index contributed by atoms with van der Waals surface area (Å²) in [5.74, 6) is 0.0202. The third-order valence-electron chi connectivity index (χ3n) is 3.23. The van der Waals surface area contributed by atoms with Crippen LogP contribution < -0.4 is 10.5 Å². The van der Waals surface area contributed by atoms with Crippen LogP contribution in [-0.4, -0.2) is 12.1 Å². The molecule has 1 aromatic carbocycles. The van der Waals surface area contributed by atoms with Gasteiger partial charge in [-0.25, -0.2) is 9.37 Å². The molecule has 0 aliphatic rings. The molecule has 2 N–H and O–H groups in total. The van der Waals surface area contributed by atoms with Crippen LogP contribution in [0.2, 0.25) is 0 Å². The fraction of sp³-hybridized carbons (Fsp3) is 0.250. The normalized spacial score (nSPS) is 10.5. The molecule has 0 fully saturated rings. The molecule has 0 amide bonds. The Morgan fingerprint density at radius 2 is 2.05 bits per heavy atom. The zero-order valence-corrected chi connectivity index (χ0v) is 12.1. The van der Waals surface area contributed by atoms with Crippen molar-refractivity contribution in [1.29, 1.82) is 5.26 Å². The highest BCUT2D eigenvalue weighted by Crippen LogP contribution is 2.32. The Bertz CT molecular complexity index is 720. The van der Waals surface area contributed by atoms with Gasteiger partial charge in [-0.3, -0.25) is 0 Å². The van der Waals surface area contributed by atoms with Gasteiger partial charge < -0.3 is 10.5 Å². The van der Waals surface area contributed by atoms with Gasteiger partial charge in [-0.05, 0) is 29.7 Å². The molecule has 0 radical (unpaired) electrons. The van der Waals surface area contributed by atoms with Gasteiger partial charge in [-0.1, -0.05) is 19.9 Å². The minimum atomic E-state index is -0.453. The lowest BCUT2D eigenvalue weighted by Crippen LogP contribution is -2.03. The average molecular weight is 285 g/mol. The first kappa shape index (κ1) is 14.8. The standard InChI is InChI=1S/C16H16FN3O/c1-9(2)14-7-11(12(8-18)16(19)20-14)10-4-5-13(17)15(6-10)21-3/h4-7,9H,1-3H3,(H2,19,20). The van der Waals surface area contributed by atoms with Crippen molar-refractivity contribution in [2.45, 2.75) is 19.8 Å². The lowest BCUT2D eigenvalue weighted by Gasteiger charge is -2.13. The van der Waals surface area contributed by atoms with Gasteiger partial charge in [0.2, 0.25) is 0 Å². The number of hydrogen-bond donors (Lipinski definition) is 1. The first-order chi connectivity index (χ1) is 9.97. The Hall–Kier alpha value is -2.61. The van der Waals surface area contributed by atoms with Crippen LogP contribution in [0.1, 0.15) is 31.0 Å². The highest BCUT2D eigenvalue weighted by molar-refractivity contribution is 5.76. The smallest absolute Gasteiger partial charge is 0.165 e. The van der Waals surface area contributed by atoms with Crippen molar-refractivity contribution in [3.63, 3.8) is 0 Å². The van der Waals surface area contributed by atoms with E-state index in [2.05, 4.69) is 11.1 Å². The van der Waals surface area contributed by atoms with Crippen LogP contribution in [0.25, 0.3) is 11.1 Å². The van der Waals surface area contributed by atoms with Crippen LogP contribution in [0.4, 0.5) is 10.2 Å². The minimum Gasteiger partial charge on any atom is -0.494 e. The number of hydrogen-bond acceptors (Lipinski definition) is 4. The molecule has 0 atom stereocenters. The van der Waals surface area contributed by atoms with Gasteiger partial charge in [-0.2, -0.15) is 5.26 Å².